The molecule has 19 heavy (non-hydrogen) atoms. The summed E-state index contributed by atoms with van der Waals surface area (Å²) in [4.78, 5) is 5.23. The van der Waals surface area contributed by atoms with Gasteiger partial charge in [0.05, 0.1) is 0 Å². The maximum atomic E-state index is 4.22. The molecule has 0 unspecified atom stereocenters. The second-order valence-electron chi connectivity index (χ2n) is 7.02. The molecule has 1 spiro atoms. The molecule has 0 aromatic heterocycles. The van der Waals surface area contributed by atoms with Gasteiger partial charge in [0.25, 0.3) is 0 Å². The largest absolute Gasteiger partial charge is 0.304 e. The first-order chi connectivity index (χ1) is 9.04. The lowest BCUT2D eigenvalue weighted by Gasteiger charge is -2.47. The van der Waals surface area contributed by atoms with Crippen molar-refractivity contribution in [1.29, 1.82) is 0 Å². The Balaban J connectivity index is 1.78. The van der Waals surface area contributed by atoms with Crippen LogP contribution in [0.1, 0.15) is 46.5 Å². The van der Waals surface area contributed by atoms with Crippen molar-refractivity contribution in [2.24, 2.45) is 11.3 Å². The van der Waals surface area contributed by atoms with Gasteiger partial charge in [-0.05, 0) is 69.7 Å². The molecule has 0 aromatic rings. The summed E-state index contributed by atoms with van der Waals surface area (Å²) in [7, 11) is 0. The molecule has 2 nitrogen and oxygen atoms in total. The molecule has 2 heterocycles. The Morgan fingerprint density at radius 2 is 1.47 bits per heavy atom. The van der Waals surface area contributed by atoms with Gasteiger partial charge in [0.15, 0.2) is 0 Å². The van der Waals surface area contributed by atoms with Crippen molar-refractivity contribution < 1.29 is 0 Å². The van der Waals surface area contributed by atoms with Crippen LogP contribution in [-0.2, 0) is 0 Å². The third-order valence-corrected chi connectivity index (χ3v) is 5.52. The van der Waals surface area contributed by atoms with E-state index in [-0.39, 0.29) is 0 Å². The SMILES string of the molecule is C=C(CN1CCC2(CCN(CC)CC2)CC1)C(C)C. The molecule has 2 aliphatic rings. The summed E-state index contributed by atoms with van der Waals surface area (Å²) in [5.41, 5.74) is 2.08. The molecule has 0 aromatic carbocycles. The zero-order valence-electron chi connectivity index (χ0n) is 13.2. The van der Waals surface area contributed by atoms with Gasteiger partial charge in [-0.15, -0.1) is 0 Å². The fourth-order valence-corrected chi connectivity index (χ4v) is 3.50. The van der Waals surface area contributed by atoms with Crippen LogP contribution in [0.5, 0.6) is 0 Å². The van der Waals surface area contributed by atoms with Crippen LogP contribution >= 0.6 is 0 Å². The minimum atomic E-state index is 0.628. The van der Waals surface area contributed by atoms with E-state index in [2.05, 4.69) is 37.1 Å². The van der Waals surface area contributed by atoms with E-state index in [4.69, 9.17) is 0 Å². The van der Waals surface area contributed by atoms with Crippen LogP contribution < -0.4 is 0 Å². The van der Waals surface area contributed by atoms with E-state index in [0.29, 0.717) is 11.3 Å². The zero-order chi connectivity index (χ0) is 13.9. The normalized spacial score (nSPS) is 25.1. The number of nitrogens with zero attached hydrogens (tertiary/aromatic N) is 2. The number of hydrogen-bond acceptors (Lipinski definition) is 2. The predicted octanol–water partition coefficient (Wildman–Crippen LogP) is 3.40. The molecular formula is C17H32N2. The molecule has 2 rings (SSSR count). The van der Waals surface area contributed by atoms with Crippen LogP contribution in [-0.4, -0.2) is 49.1 Å². The summed E-state index contributed by atoms with van der Waals surface area (Å²) in [5.74, 6) is 0.628. The summed E-state index contributed by atoms with van der Waals surface area (Å²) in [5, 5.41) is 0. The lowest BCUT2D eigenvalue weighted by Crippen LogP contribution is -2.47. The van der Waals surface area contributed by atoms with E-state index >= 15 is 0 Å². The topological polar surface area (TPSA) is 6.48 Å². The molecule has 2 saturated heterocycles. The number of hydrogen-bond donors (Lipinski definition) is 0. The van der Waals surface area contributed by atoms with Gasteiger partial charge in [-0.25, -0.2) is 0 Å². The van der Waals surface area contributed by atoms with Crippen molar-refractivity contribution in [2.45, 2.75) is 46.5 Å². The van der Waals surface area contributed by atoms with Gasteiger partial charge in [0.2, 0.25) is 0 Å². The molecule has 0 aliphatic carbocycles. The van der Waals surface area contributed by atoms with Crippen LogP contribution in [0.2, 0.25) is 0 Å². The summed E-state index contributed by atoms with van der Waals surface area (Å²) >= 11 is 0. The van der Waals surface area contributed by atoms with E-state index in [1.807, 2.05) is 0 Å². The molecule has 0 N–H and O–H groups in total. The highest BCUT2D eigenvalue weighted by atomic mass is 15.1. The highest BCUT2D eigenvalue weighted by molar-refractivity contribution is 5.02. The molecule has 0 atom stereocenters. The molecule has 2 heteroatoms. The first-order valence-corrected chi connectivity index (χ1v) is 8.17. The minimum absolute atomic E-state index is 0.628. The fourth-order valence-electron chi connectivity index (χ4n) is 3.50. The molecular weight excluding hydrogens is 232 g/mol. The van der Waals surface area contributed by atoms with Crippen molar-refractivity contribution in [3.05, 3.63) is 12.2 Å². The Labute approximate surface area is 119 Å². The van der Waals surface area contributed by atoms with E-state index in [1.165, 1.54) is 64.0 Å². The van der Waals surface area contributed by atoms with Crippen LogP contribution in [0.25, 0.3) is 0 Å². The predicted molar refractivity (Wildman–Crippen MR) is 83.4 cm³/mol. The van der Waals surface area contributed by atoms with Gasteiger partial charge in [-0.1, -0.05) is 32.9 Å². The van der Waals surface area contributed by atoms with Crippen molar-refractivity contribution in [3.8, 4) is 0 Å². The summed E-state index contributed by atoms with van der Waals surface area (Å²) < 4.78 is 0. The van der Waals surface area contributed by atoms with E-state index in [9.17, 15) is 0 Å². The fraction of sp³-hybridized carbons (Fsp3) is 0.882. The van der Waals surface area contributed by atoms with E-state index in [0.717, 1.165) is 6.54 Å². The first kappa shape index (κ1) is 15.1. The van der Waals surface area contributed by atoms with Crippen LogP contribution in [0.15, 0.2) is 12.2 Å². The quantitative estimate of drug-likeness (QED) is 0.718. The van der Waals surface area contributed by atoms with Crippen LogP contribution in [0, 0.1) is 11.3 Å². The minimum Gasteiger partial charge on any atom is -0.304 e. The lowest BCUT2D eigenvalue weighted by molar-refractivity contribution is 0.0391. The number of likely N-dealkylation sites (tertiary alicyclic amines) is 2. The molecule has 0 amide bonds. The number of rotatable bonds is 4. The maximum Gasteiger partial charge on any atom is 0.0192 e. The molecule has 2 aliphatic heterocycles. The standard InChI is InChI=1S/C17H32N2/c1-5-18-10-6-17(7-11-18)8-12-19(13-9-17)14-16(4)15(2)3/h15H,4-14H2,1-3H3. The summed E-state index contributed by atoms with van der Waals surface area (Å²) in [6, 6.07) is 0. The van der Waals surface area contributed by atoms with Gasteiger partial charge in [-0.2, -0.15) is 0 Å². The third-order valence-electron chi connectivity index (χ3n) is 5.52. The molecule has 0 saturated carbocycles. The molecule has 0 bridgehead atoms. The van der Waals surface area contributed by atoms with Gasteiger partial charge in [0.1, 0.15) is 0 Å². The Morgan fingerprint density at radius 1 is 1.00 bits per heavy atom. The maximum absolute atomic E-state index is 4.22. The second-order valence-corrected chi connectivity index (χ2v) is 7.02. The Kier molecular flexibility index (Phi) is 5.08. The Hall–Kier alpha value is -0.340. The van der Waals surface area contributed by atoms with Gasteiger partial charge in [0, 0.05) is 6.54 Å². The van der Waals surface area contributed by atoms with Crippen LogP contribution in [0.4, 0.5) is 0 Å². The van der Waals surface area contributed by atoms with Crippen molar-refractivity contribution >= 4 is 0 Å². The number of piperidine rings is 2. The monoisotopic (exact) mass is 264 g/mol. The average molecular weight is 264 g/mol. The summed E-state index contributed by atoms with van der Waals surface area (Å²) in [6.45, 7) is 18.6. The van der Waals surface area contributed by atoms with Crippen LogP contribution in [0.3, 0.4) is 0 Å². The Bertz CT molecular complexity index is 290. The van der Waals surface area contributed by atoms with Crippen molar-refractivity contribution in [1.82, 2.24) is 9.80 Å². The highest BCUT2D eigenvalue weighted by Gasteiger charge is 2.37. The highest BCUT2D eigenvalue weighted by Crippen LogP contribution is 2.41. The Morgan fingerprint density at radius 3 is 1.89 bits per heavy atom. The summed E-state index contributed by atoms with van der Waals surface area (Å²) in [6.07, 6.45) is 5.69. The van der Waals surface area contributed by atoms with Crippen molar-refractivity contribution in [3.63, 3.8) is 0 Å². The first-order valence-electron chi connectivity index (χ1n) is 8.17. The molecule has 110 valence electrons. The van der Waals surface area contributed by atoms with Gasteiger partial charge < -0.3 is 4.90 Å². The molecule has 0 radical (unpaired) electrons. The zero-order valence-corrected chi connectivity index (χ0v) is 13.2. The van der Waals surface area contributed by atoms with E-state index in [1.54, 1.807) is 0 Å². The average Bonchev–Trinajstić information content (AvgIpc) is 2.42. The third kappa shape index (κ3) is 3.82. The second kappa shape index (κ2) is 6.41. The van der Waals surface area contributed by atoms with Gasteiger partial charge >= 0.3 is 0 Å². The van der Waals surface area contributed by atoms with Crippen molar-refractivity contribution in [2.75, 3.05) is 39.3 Å². The molecule has 2 fully saturated rings. The van der Waals surface area contributed by atoms with E-state index < -0.39 is 0 Å². The lowest BCUT2D eigenvalue weighted by atomic mass is 9.71. The smallest absolute Gasteiger partial charge is 0.0192 e. The van der Waals surface area contributed by atoms with Gasteiger partial charge in [-0.3, -0.25) is 4.90 Å².